The highest BCUT2D eigenvalue weighted by atomic mass is 16.5. The van der Waals surface area contributed by atoms with Crippen LogP contribution in [0.15, 0.2) is 48.5 Å². The summed E-state index contributed by atoms with van der Waals surface area (Å²) in [6.45, 7) is 7.58. The van der Waals surface area contributed by atoms with Crippen LogP contribution in [-0.4, -0.2) is 64.4 Å². The van der Waals surface area contributed by atoms with E-state index in [9.17, 15) is 14.4 Å². The molecule has 0 radical (unpaired) electrons. The third-order valence-corrected chi connectivity index (χ3v) is 9.85. The minimum Gasteiger partial charge on any atom is -0.497 e. The normalized spacial score (nSPS) is 27.5. The zero-order valence-electron chi connectivity index (χ0n) is 27.5. The van der Waals surface area contributed by atoms with Gasteiger partial charge in [0.2, 0.25) is 11.8 Å². The maximum absolute atomic E-state index is 14.5. The molecule has 1 aliphatic carbocycles. The largest absolute Gasteiger partial charge is 0.497 e. The van der Waals surface area contributed by atoms with Crippen molar-refractivity contribution >= 4 is 28.7 Å². The quantitative estimate of drug-likeness (QED) is 0.322. The number of amides is 1. The van der Waals surface area contributed by atoms with Gasteiger partial charge in [-0.2, -0.15) is 0 Å². The Labute approximate surface area is 271 Å². The third kappa shape index (κ3) is 6.74. The van der Waals surface area contributed by atoms with E-state index in [0.29, 0.717) is 29.5 Å². The van der Waals surface area contributed by atoms with Crippen molar-refractivity contribution in [2.45, 2.75) is 96.8 Å². The number of nitrogens with zero attached hydrogens (tertiary/aromatic N) is 3. The first kappa shape index (κ1) is 32.0. The van der Waals surface area contributed by atoms with Gasteiger partial charge >= 0.3 is 5.97 Å². The summed E-state index contributed by atoms with van der Waals surface area (Å²) in [5.41, 5.74) is 2.53. The minimum absolute atomic E-state index is 0.0314. The summed E-state index contributed by atoms with van der Waals surface area (Å²) >= 11 is 0. The van der Waals surface area contributed by atoms with E-state index in [1.807, 2.05) is 69.3 Å². The number of carbonyl (C=O) groups is 3. The zero-order chi connectivity index (χ0) is 32.6. The van der Waals surface area contributed by atoms with Crippen molar-refractivity contribution in [2.75, 3.05) is 13.7 Å². The van der Waals surface area contributed by atoms with E-state index in [1.54, 1.807) is 12.0 Å². The summed E-state index contributed by atoms with van der Waals surface area (Å²) < 4.78 is 18.1. The first-order valence-electron chi connectivity index (χ1n) is 16.6. The molecule has 6 atom stereocenters. The lowest BCUT2D eigenvalue weighted by Gasteiger charge is -2.35. The fourth-order valence-electron chi connectivity index (χ4n) is 7.17. The number of Topliss-reactive ketones (excluding diaryl/α,β-unsaturated/α-hetero) is 1. The molecule has 1 aromatic heterocycles. The zero-order valence-corrected chi connectivity index (χ0v) is 27.5. The number of esters is 1. The topological polar surface area (TPSA) is 108 Å². The smallest absolute Gasteiger partial charge is 0.306 e. The summed E-state index contributed by atoms with van der Waals surface area (Å²) in [4.78, 5) is 52.8. The van der Waals surface area contributed by atoms with Crippen LogP contribution in [-0.2, 0) is 25.5 Å². The average molecular weight is 628 g/mol. The van der Waals surface area contributed by atoms with Gasteiger partial charge in [-0.05, 0) is 61.6 Å². The number of rotatable bonds is 3. The number of hydrogen-bond donors (Lipinski definition) is 0. The summed E-state index contributed by atoms with van der Waals surface area (Å²) in [5, 5.41) is 0. The van der Waals surface area contributed by atoms with Crippen molar-refractivity contribution in [3.63, 3.8) is 0 Å². The van der Waals surface area contributed by atoms with Gasteiger partial charge in [0.25, 0.3) is 0 Å². The van der Waals surface area contributed by atoms with E-state index in [0.717, 1.165) is 48.9 Å². The Morgan fingerprint density at radius 3 is 2.46 bits per heavy atom. The molecule has 1 saturated heterocycles. The molecule has 0 unspecified atom stereocenters. The predicted molar refractivity (Wildman–Crippen MR) is 174 cm³/mol. The maximum atomic E-state index is 14.5. The fraction of sp³-hybridized carbons (Fsp3) is 0.541. The molecule has 3 aliphatic rings. The number of hydrogen-bond acceptors (Lipinski definition) is 8. The number of aromatic nitrogens is 2. The molecule has 244 valence electrons. The van der Waals surface area contributed by atoms with Gasteiger partial charge in [0.05, 0.1) is 42.9 Å². The molecule has 46 heavy (non-hydrogen) atoms. The molecule has 3 heterocycles. The SMILES string of the molecule is COc1ccc2nc3c(nc2c1)O[C@H]1CN(C(=O)[C@H](C(C)(C)C)CC(=O)O[C@@H]2C[C@H]2CCCCC3)[C@H](C(C)=O)[C@@H]1c1ccccc1. The summed E-state index contributed by atoms with van der Waals surface area (Å²) in [5.74, 6) is -0.374. The van der Waals surface area contributed by atoms with Crippen LogP contribution in [0.2, 0.25) is 0 Å². The number of aryl methyl sites for hydroxylation is 1. The molecule has 0 spiro atoms. The number of carbonyl (C=O) groups excluding carboxylic acids is 3. The van der Waals surface area contributed by atoms with Crippen molar-refractivity contribution in [1.29, 1.82) is 0 Å². The van der Waals surface area contributed by atoms with Crippen LogP contribution < -0.4 is 9.47 Å². The molecule has 9 heteroatoms. The van der Waals surface area contributed by atoms with Crippen molar-refractivity contribution in [3.8, 4) is 11.6 Å². The molecule has 9 nitrogen and oxygen atoms in total. The van der Waals surface area contributed by atoms with Crippen molar-refractivity contribution < 1.29 is 28.6 Å². The van der Waals surface area contributed by atoms with E-state index in [1.165, 1.54) is 6.92 Å². The second-order valence-corrected chi connectivity index (χ2v) is 14.2. The Balaban J connectivity index is 1.44. The van der Waals surface area contributed by atoms with Gasteiger partial charge in [-0.1, -0.05) is 63.9 Å². The molecular weight excluding hydrogens is 582 g/mol. The summed E-state index contributed by atoms with van der Waals surface area (Å²) in [6, 6.07) is 14.6. The minimum atomic E-state index is -0.771. The lowest BCUT2D eigenvalue weighted by Crippen LogP contribution is -2.48. The molecule has 1 amide bonds. The number of ketones is 1. The molecule has 2 aliphatic heterocycles. The van der Waals surface area contributed by atoms with Gasteiger partial charge in [-0.15, -0.1) is 0 Å². The first-order valence-corrected chi connectivity index (χ1v) is 16.6. The number of fused-ring (bicyclic) bond motifs is 5. The number of methoxy groups -OCH3 is 1. The Morgan fingerprint density at radius 1 is 0.957 bits per heavy atom. The highest BCUT2D eigenvalue weighted by Gasteiger charge is 2.51. The van der Waals surface area contributed by atoms with Crippen molar-refractivity contribution in [1.82, 2.24) is 14.9 Å². The van der Waals surface area contributed by atoms with Gasteiger partial charge in [0.15, 0.2) is 5.78 Å². The van der Waals surface area contributed by atoms with Crippen molar-refractivity contribution in [3.05, 3.63) is 59.8 Å². The van der Waals surface area contributed by atoms with E-state index in [2.05, 4.69) is 0 Å². The second-order valence-electron chi connectivity index (χ2n) is 14.2. The van der Waals surface area contributed by atoms with Crippen LogP contribution in [0.1, 0.15) is 83.4 Å². The van der Waals surface area contributed by atoms with E-state index in [-0.39, 0.29) is 36.7 Å². The van der Waals surface area contributed by atoms with Crippen LogP contribution in [0.25, 0.3) is 11.0 Å². The van der Waals surface area contributed by atoms with E-state index >= 15 is 0 Å². The van der Waals surface area contributed by atoms with Crippen LogP contribution >= 0.6 is 0 Å². The highest BCUT2D eigenvalue weighted by Crippen LogP contribution is 2.42. The Hall–Kier alpha value is -4.01. The second kappa shape index (κ2) is 13.0. The molecule has 2 fully saturated rings. The van der Waals surface area contributed by atoms with E-state index < -0.39 is 29.4 Å². The van der Waals surface area contributed by atoms with Gasteiger partial charge < -0.3 is 19.1 Å². The fourth-order valence-corrected chi connectivity index (χ4v) is 7.17. The summed E-state index contributed by atoms with van der Waals surface area (Å²) in [6.07, 6.45) is 4.82. The number of ether oxygens (including phenoxy) is 3. The van der Waals surface area contributed by atoms with Crippen LogP contribution in [0.3, 0.4) is 0 Å². The standard InChI is InChI=1S/C37H45N3O6/c1-22(41)34-33(23-12-8-6-9-13-23)31-21-40(34)36(43)26(37(2,3)4)20-32(42)45-30-18-24(30)14-10-7-11-15-28-35(46-31)39-29-19-25(44-5)16-17-27(29)38-28/h6,8-9,12-13,16-17,19,24,26,30-31,33-34H,7,10-11,14-15,18,20-21H2,1-5H3/t24-,26-,30-,31+,33-,34-/m1/s1. The molecule has 0 N–H and O–H groups in total. The molecule has 6 rings (SSSR count). The van der Waals surface area contributed by atoms with Crippen molar-refractivity contribution in [2.24, 2.45) is 17.3 Å². The lowest BCUT2D eigenvalue weighted by atomic mass is 9.77. The third-order valence-electron chi connectivity index (χ3n) is 9.85. The Bertz CT molecular complexity index is 1600. The van der Waals surface area contributed by atoms with Gasteiger partial charge in [0, 0.05) is 6.07 Å². The highest BCUT2D eigenvalue weighted by molar-refractivity contribution is 5.92. The van der Waals surface area contributed by atoms with Crippen LogP contribution in [0.4, 0.5) is 0 Å². The number of benzene rings is 2. The monoisotopic (exact) mass is 627 g/mol. The predicted octanol–water partition coefficient (Wildman–Crippen LogP) is 6.07. The first-order chi connectivity index (χ1) is 22.0. The summed E-state index contributed by atoms with van der Waals surface area (Å²) in [7, 11) is 1.62. The lowest BCUT2D eigenvalue weighted by molar-refractivity contribution is -0.154. The Morgan fingerprint density at radius 2 is 1.74 bits per heavy atom. The van der Waals surface area contributed by atoms with Crippen LogP contribution in [0, 0.1) is 17.3 Å². The molecule has 3 aromatic rings. The van der Waals surface area contributed by atoms with Gasteiger partial charge in [0.1, 0.15) is 29.7 Å². The van der Waals surface area contributed by atoms with Gasteiger partial charge in [-0.25, -0.2) is 9.97 Å². The Kier molecular flexibility index (Phi) is 9.03. The van der Waals surface area contributed by atoms with Gasteiger partial charge in [-0.3, -0.25) is 14.4 Å². The average Bonchev–Trinajstić information content (AvgIpc) is 3.64. The molecule has 2 aromatic carbocycles. The maximum Gasteiger partial charge on any atom is 0.306 e. The van der Waals surface area contributed by atoms with E-state index in [4.69, 9.17) is 24.2 Å². The molecule has 1 saturated carbocycles. The van der Waals surface area contributed by atoms with Crippen LogP contribution in [0.5, 0.6) is 11.6 Å². The molecule has 2 bridgehead atoms. The molecular formula is C37H45N3O6.